The molecule has 0 aromatic rings. The van der Waals surface area contributed by atoms with E-state index in [1.54, 1.807) is 0 Å². The molecule has 1 amide bonds. The minimum Gasteiger partial charge on any atom is -0.341 e. The van der Waals surface area contributed by atoms with Crippen molar-refractivity contribution in [3.8, 4) is 0 Å². The zero-order chi connectivity index (χ0) is 12.0. The Balaban J connectivity index is 4.40. The molecule has 15 heavy (non-hydrogen) atoms. The van der Waals surface area contributed by atoms with Gasteiger partial charge >= 0.3 is 0 Å². The predicted molar refractivity (Wildman–Crippen MR) is 64.8 cm³/mol. The maximum absolute atomic E-state index is 12.0. The van der Waals surface area contributed by atoms with Gasteiger partial charge in [0.15, 0.2) is 0 Å². The number of nitrogens with one attached hydrogen (secondary N) is 1. The highest BCUT2D eigenvalue weighted by molar-refractivity contribution is 5.81. The van der Waals surface area contributed by atoms with Gasteiger partial charge in [0.25, 0.3) is 0 Å². The average molecular weight is 214 g/mol. The van der Waals surface area contributed by atoms with E-state index < -0.39 is 0 Å². The molecule has 0 spiro atoms. The molecular weight excluding hydrogens is 188 g/mol. The van der Waals surface area contributed by atoms with Crippen LogP contribution in [0.25, 0.3) is 0 Å². The molecule has 1 unspecified atom stereocenters. The second-order valence-corrected chi connectivity index (χ2v) is 5.04. The predicted octanol–water partition coefficient (Wildman–Crippen LogP) is 1.73. The SMILES string of the molecule is CNC(C)C(=O)N(CC(C)C)CC(C)C. The van der Waals surface area contributed by atoms with Crippen LogP contribution in [0.15, 0.2) is 0 Å². The Bertz CT molecular complexity index is 180. The number of carbonyl (C=O) groups is 1. The summed E-state index contributed by atoms with van der Waals surface area (Å²) < 4.78 is 0. The van der Waals surface area contributed by atoms with Gasteiger partial charge in [0, 0.05) is 13.1 Å². The molecule has 0 aromatic carbocycles. The maximum atomic E-state index is 12.0. The third-order valence-corrected chi connectivity index (χ3v) is 2.29. The molecule has 0 aromatic heterocycles. The molecular formula is C12H26N2O. The molecule has 90 valence electrons. The van der Waals surface area contributed by atoms with Gasteiger partial charge in [-0.05, 0) is 25.8 Å². The fourth-order valence-electron chi connectivity index (χ4n) is 1.53. The highest BCUT2D eigenvalue weighted by atomic mass is 16.2. The summed E-state index contributed by atoms with van der Waals surface area (Å²) in [6.07, 6.45) is 0. The topological polar surface area (TPSA) is 32.3 Å². The van der Waals surface area contributed by atoms with Gasteiger partial charge in [0.1, 0.15) is 0 Å². The Kier molecular flexibility index (Phi) is 6.57. The van der Waals surface area contributed by atoms with Crippen molar-refractivity contribution in [2.45, 2.75) is 40.7 Å². The van der Waals surface area contributed by atoms with Crippen molar-refractivity contribution in [2.24, 2.45) is 11.8 Å². The van der Waals surface area contributed by atoms with Crippen LogP contribution in [-0.2, 0) is 4.79 Å². The largest absolute Gasteiger partial charge is 0.341 e. The van der Waals surface area contributed by atoms with Crippen molar-refractivity contribution in [1.29, 1.82) is 0 Å². The van der Waals surface area contributed by atoms with E-state index in [0.29, 0.717) is 11.8 Å². The molecule has 1 N–H and O–H groups in total. The molecule has 0 bridgehead atoms. The Morgan fingerprint density at radius 2 is 1.47 bits per heavy atom. The van der Waals surface area contributed by atoms with Gasteiger partial charge in [-0.2, -0.15) is 0 Å². The highest BCUT2D eigenvalue weighted by Gasteiger charge is 2.20. The minimum atomic E-state index is -0.0810. The lowest BCUT2D eigenvalue weighted by Gasteiger charge is -2.28. The van der Waals surface area contributed by atoms with E-state index in [1.807, 2.05) is 18.9 Å². The van der Waals surface area contributed by atoms with E-state index in [1.165, 1.54) is 0 Å². The number of rotatable bonds is 6. The van der Waals surface area contributed by atoms with E-state index in [4.69, 9.17) is 0 Å². The van der Waals surface area contributed by atoms with Crippen molar-refractivity contribution >= 4 is 5.91 Å². The van der Waals surface area contributed by atoms with Crippen LogP contribution in [0.5, 0.6) is 0 Å². The highest BCUT2D eigenvalue weighted by Crippen LogP contribution is 2.05. The number of hydrogen-bond acceptors (Lipinski definition) is 2. The zero-order valence-corrected chi connectivity index (χ0v) is 11.0. The minimum absolute atomic E-state index is 0.0810. The summed E-state index contributed by atoms with van der Waals surface area (Å²) in [5, 5.41) is 3.00. The van der Waals surface area contributed by atoms with Crippen molar-refractivity contribution in [3.05, 3.63) is 0 Å². The fourth-order valence-corrected chi connectivity index (χ4v) is 1.53. The Labute approximate surface area is 94.2 Å². The number of carbonyl (C=O) groups excluding carboxylic acids is 1. The first-order chi connectivity index (χ1) is 6.88. The lowest BCUT2D eigenvalue weighted by atomic mass is 10.1. The fraction of sp³-hybridized carbons (Fsp3) is 0.917. The van der Waals surface area contributed by atoms with E-state index in [9.17, 15) is 4.79 Å². The molecule has 0 fully saturated rings. The van der Waals surface area contributed by atoms with Gasteiger partial charge in [0.05, 0.1) is 6.04 Å². The third kappa shape index (κ3) is 5.78. The summed E-state index contributed by atoms with van der Waals surface area (Å²) in [5.74, 6) is 1.26. The molecule has 3 nitrogen and oxygen atoms in total. The van der Waals surface area contributed by atoms with Crippen molar-refractivity contribution < 1.29 is 4.79 Å². The summed E-state index contributed by atoms with van der Waals surface area (Å²) in [7, 11) is 1.82. The van der Waals surface area contributed by atoms with Gasteiger partial charge in [-0.1, -0.05) is 27.7 Å². The summed E-state index contributed by atoms with van der Waals surface area (Å²) in [6, 6.07) is -0.0810. The third-order valence-electron chi connectivity index (χ3n) is 2.29. The van der Waals surface area contributed by atoms with Crippen LogP contribution in [0, 0.1) is 11.8 Å². The standard InChI is InChI=1S/C12H26N2O/c1-9(2)7-14(8-10(3)4)12(15)11(5)13-6/h9-11,13H,7-8H2,1-6H3. The first-order valence-electron chi connectivity index (χ1n) is 5.84. The van der Waals surface area contributed by atoms with Crippen molar-refractivity contribution in [2.75, 3.05) is 20.1 Å². The van der Waals surface area contributed by atoms with Crippen LogP contribution in [0.2, 0.25) is 0 Å². The normalized spacial score (nSPS) is 13.3. The monoisotopic (exact) mass is 214 g/mol. The summed E-state index contributed by atoms with van der Waals surface area (Å²) in [6.45, 7) is 12.2. The Morgan fingerprint density at radius 1 is 1.07 bits per heavy atom. The number of nitrogens with zero attached hydrogens (tertiary/aromatic N) is 1. The maximum Gasteiger partial charge on any atom is 0.239 e. The van der Waals surface area contributed by atoms with Crippen LogP contribution in [0.3, 0.4) is 0 Å². The lowest BCUT2D eigenvalue weighted by molar-refractivity contribution is -0.134. The molecule has 1 atom stereocenters. The first-order valence-corrected chi connectivity index (χ1v) is 5.84. The van der Waals surface area contributed by atoms with Gasteiger partial charge in [0.2, 0.25) is 5.91 Å². The molecule has 3 heteroatoms. The van der Waals surface area contributed by atoms with E-state index in [-0.39, 0.29) is 11.9 Å². The van der Waals surface area contributed by atoms with Gasteiger partial charge < -0.3 is 10.2 Å². The van der Waals surface area contributed by atoms with Crippen LogP contribution in [-0.4, -0.2) is 37.0 Å². The van der Waals surface area contributed by atoms with Crippen molar-refractivity contribution in [1.82, 2.24) is 10.2 Å². The van der Waals surface area contributed by atoms with Gasteiger partial charge in [-0.3, -0.25) is 4.79 Å². The summed E-state index contributed by atoms with van der Waals surface area (Å²) >= 11 is 0. The second-order valence-electron chi connectivity index (χ2n) is 5.04. The molecule has 0 aliphatic rings. The average Bonchev–Trinajstić information content (AvgIpc) is 2.13. The zero-order valence-electron chi connectivity index (χ0n) is 11.0. The van der Waals surface area contributed by atoms with Gasteiger partial charge in [-0.25, -0.2) is 0 Å². The number of amides is 1. The van der Waals surface area contributed by atoms with E-state index >= 15 is 0 Å². The first kappa shape index (κ1) is 14.4. The van der Waals surface area contributed by atoms with Crippen LogP contribution in [0.1, 0.15) is 34.6 Å². The molecule has 0 saturated heterocycles. The van der Waals surface area contributed by atoms with Crippen LogP contribution >= 0.6 is 0 Å². The summed E-state index contributed by atoms with van der Waals surface area (Å²) in [4.78, 5) is 14.0. The second kappa shape index (κ2) is 6.83. The summed E-state index contributed by atoms with van der Waals surface area (Å²) in [5.41, 5.74) is 0. The molecule has 0 aliphatic carbocycles. The van der Waals surface area contributed by atoms with Crippen LogP contribution in [0.4, 0.5) is 0 Å². The molecule has 0 radical (unpaired) electrons. The van der Waals surface area contributed by atoms with E-state index in [0.717, 1.165) is 13.1 Å². The lowest BCUT2D eigenvalue weighted by Crippen LogP contribution is -2.46. The molecule has 0 aliphatic heterocycles. The number of likely N-dealkylation sites (N-methyl/N-ethyl adjacent to an activating group) is 1. The Hall–Kier alpha value is -0.570. The quantitative estimate of drug-likeness (QED) is 0.730. The Morgan fingerprint density at radius 3 is 1.73 bits per heavy atom. The van der Waals surface area contributed by atoms with Crippen LogP contribution < -0.4 is 5.32 Å². The van der Waals surface area contributed by atoms with Crippen molar-refractivity contribution in [3.63, 3.8) is 0 Å². The van der Waals surface area contributed by atoms with E-state index in [2.05, 4.69) is 33.0 Å². The molecule has 0 saturated carbocycles. The smallest absolute Gasteiger partial charge is 0.239 e. The molecule has 0 heterocycles. The van der Waals surface area contributed by atoms with Gasteiger partial charge in [-0.15, -0.1) is 0 Å². The molecule has 0 rings (SSSR count). The number of hydrogen-bond donors (Lipinski definition) is 1.